The lowest BCUT2D eigenvalue weighted by atomic mass is 10.1. The average molecular weight is 395 g/mol. The molecule has 150 valence electrons. The zero-order chi connectivity index (χ0) is 19.1. The number of hydrogen-bond donors (Lipinski definition) is 1. The number of nitrogens with one attached hydrogen (secondary N) is 1. The van der Waals surface area contributed by atoms with Gasteiger partial charge in [-0.15, -0.1) is 0 Å². The van der Waals surface area contributed by atoms with E-state index in [0.29, 0.717) is 32.2 Å². The van der Waals surface area contributed by atoms with E-state index in [1.165, 1.54) is 5.56 Å². The molecule has 0 aliphatic carbocycles. The maximum absolute atomic E-state index is 11.9. The molecule has 0 saturated carbocycles. The molecule has 1 N–H and O–H groups in total. The lowest BCUT2D eigenvalue weighted by Gasteiger charge is -2.23. The van der Waals surface area contributed by atoms with Gasteiger partial charge in [0.2, 0.25) is 10.0 Å². The molecule has 2 aliphatic rings. The first kappa shape index (κ1) is 20.1. The van der Waals surface area contributed by atoms with Crippen LogP contribution in [0.2, 0.25) is 0 Å². The molecule has 0 aromatic heterocycles. The Balaban J connectivity index is 1.37. The van der Waals surface area contributed by atoms with Crippen LogP contribution in [0.1, 0.15) is 18.4 Å². The van der Waals surface area contributed by atoms with Gasteiger partial charge in [0.1, 0.15) is 0 Å². The van der Waals surface area contributed by atoms with Crippen molar-refractivity contribution in [2.45, 2.75) is 19.4 Å². The Labute approximate surface area is 162 Å². The fraction of sp³-hybridized carbons (Fsp3) is 0.632. The van der Waals surface area contributed by atoms with Crippen molar-refractivity contribution in [1.29, 1.82) is 0 Å². The van der Waals surface area contributed by atoms with Crippen LogP contribution in [-0.2, 0) is 21.4 Å². The minimum absolute atomic E-state index is 0.276. The second-order valence-electron chi connectivity index (χ2n) is 7.14. The summed E-state index contributed by atoms with van der Waals surface area (Å²) in [5.41, 5.74) is 1.20. The predicted molar refractivity (Wildman–Crippen MR) is 107 cm³/mol. The molecule has 3 rings (SSSR count). The number of ether oxygens (including phenoxy) is 1. The van der Waals surface area contributed by atoms with Crippen LogP contribution in [0.25, 0.3) is 0 Å². The van der Waals surface area contributed by atoms with Crippen LogP contribution in [0.15, 0.2) is 35.3 Å². The molecular weight excluding hydrogens is 364 g/mol. The molecule has 0 spiro atoms. The van der Waals surface area contributed by atoms with Crippen molar-refractivity contribution in [3.63, 3.8) is 0 Å². The van der Waals surface area contributed by atoms with E-state index in [2.05, 4.69) is 27.3 Å². The van der Waals surface area contributed by atoms with E-state index in [-0.39, 0.29) is 5.75 Å². The number of nitrogens with zero attached hydrogens (tertiary/aromatic N) is 3. The first-order valence-electron chi connectivity index (χ1n) is 9.63. The van der Waals surface area contributed by atoms with Crippen LogP contribution in [0.5, 0.6) is 0 Å². The molecule has 8 heteroatoms. The van der Waals surface area contributed by atoms with Crippen LogP contribution in [0.3, 0.4) is 0 Å². The van der Waals surface area contributed by atoms with Gasteiger partial charge in [-0.1, -0.05) is 30.3 Å². The molecule has 1 atom stereocenters. The summed E-state index contributed by atoms with van der Waals surface area (Å²) >= 11 is 0. The number of benzene rings is 1. The Morgan fingerprint density at radius 3 is 2.81 bits per heavy atom. The molecule has 0 bridgehead atoms. The highest BCUT2D eigenvalue weighted by atomic mass is 32.2. The third-order valence-corrected chi connectivity index (χ3v) is 7.07. The van der Waals surface area contributed by atoms with Gasteiger partial charge in [-0.3, -0.25) is 4.99 Å². The van der Waals surface area contributed by atoms with Crippen molar-refractivity contribution < 1.29 is 13.2 Å². The van der Waals surface area contributed by atoms with E-state index in [1.54, 1.807) is 11.4 Å². The first-order chi connectivity index (χ1) is 13.1. The third-order valence-electron chi connectivity index (χ3n) is 5.11. The van der Waals surface area contributed by atoms with E-state index >= 15 is 0 Å². The summed E-state index contributed by atoms with van der Waals surface area (Å²) in [5.74, 6) is 1.61. The molecule has 0 amide bonds. The molecule has 2 fully saturated rings. The fourth-order valence-electron chi connectivity index (χ4n) is 3.65. The molecular formula is C19H30N4O3S. The first-order valence-corrected chi connectivity index (χ1v) is 11.2. The number of likely N-dealkylation sites (tertiary alicyclic amines) is 1. The van der Waals surface area contributed by atoms with E-state index in [0.717, 1.165) is 38.5 Å². The van der Waals surface area contributed by atoms with Crippen molar-refractivity contribution >= 4 is 16.0 Å². The molecule has 27 heavy (non-hydrogen) atoms. The van der Waals surface area contributed by atoms with Gasteiger partial charge in [0, 0.05) is 45.7 Å². The van der Waals surface area contributed by atoms with Crippen LogP contribution >= 0.6 is 0 Å². The summed E-state index contributed by atoms with van der Waals surface area (Å²) in [7, 11) is -1.26. The van der Waals surface area contributed by atoms with Crippen molar-refractivity contribution in [2.75, 3.05) is 52.1 Å². The third kappa shape index (κ3) is 5.67. The molecule has 2 heterocycles. The largest absolute Gasteiger partial charge is 0.376 e. The highest BCUT2D eigenvalue weighted by molar-refractivity contribution is 7.89. The lowest BCUT2D eigenvalue weighted by molar-refractivity contribution is 0.0906. The minimum Gasteiger partial charge on any atom is -0.376 e. The summed E-state index contributed by atoms with van der Waals surface area (Å²) in [4.78, 5) is 6.59. The average Bonchev–Trinajstić information content (AvgIpc) is 3.26. The second kappa shape index (κ2) is 9.52. The van der Waals surface area contributed by atoms with Crippen LogP contribution in [0.4, 0.5) is 0 Å². The summed E-state index contributed by atoms with van der Waals surface area (Å²) in [5, 5.41) is 3.31. The van der Waals surface area contributed by atoms with Gasteiger partial charge in [0.15, 0.2) is 5.96 Å². The van der Waals surface area contributed by atoms with Gasteiger partial charge in [-0.25, -0.2) is 12.7 Å². The maximum atomic E-state index is 11.9. The lowest BCUT2D eigenvalue weighted by Crippen LogP contribution is -2.43. The number of hydrogen-bond acceptors (Lipinski definition) is 4. The Bertz CT molecular complexity index is 724. The highest BCUT2D eigenvalue weighted by Crippen LogP contribution is 2.17. The van der Waals surface area contributed by atoms with Crippen molar-refractivity contribution in [3.05, 3.63) is 35.9 Å². The quantitative estimate of drug-likeness (QED) is 0.554. The SMILES string of the molecule is CN=C(NCCN1CCCS1(=O)=O)N1CCC(COCc2ccccc2)C1. The Morgan fingerprint density at radius 2 is 2.11 bits per heavy atom. The Morgan fingerprint density at radius 1 is 1.30 bits per heavy atom. The zero-order valence-corrected chi connectivity index (χ0v) is 16.8. The molecule has 2 saturated heterocycles. The predicted octanol–water partition coefficient (Wildman–Crippen LogP) is 1.14. The van der Waals surface area contributed by atoms with Crippen molar-refractivity contribution in [2.24, 2.45) is 10.9 Å². The topological polar surface area (TPSA) is 74.2 Å². The Kier molecular flexibility index (Phi) is 7.09. The maximum Gasteiger partial charge on any atom is 0.214 e. The van der Waals surface area contributed by atoms with E-state index in [9.17, 15) is 8.42 Å². The van der Waals surface area contributed by atoms with E-state index in [1.807, 2.05) is 18.2 Å². The van der Waals surface area contributed by atoms with Crippen LogP contribution < -0.4 is 5.32 Å². The van der Waals surface area contributed by atoms with Crippen LogP contribution in [-0.4, -0.2) is 75.7 Å². The van der Waals surface area contributed by atoms with Gasteiger partial charge in [0.05, 0.1) is 19.0 Å². The number of sulfonamides is 1. The summed E-state index contributed by atoms with van der Waals surface area (Å²) in [6, 6.07) is 10.2. The minimum atomic E-state index is -3.03. The summed E-state index contributed by atoms with van der Waals surface area (Å²) < 4.78 is 31.1. The van der Waals surface area contributed by atoms with Crippen molar-refractivity contribution in [3.8, 4) is 0 Å². The fourth-order valence-corrected chi connectivity index (χ4v) is 5.17. The molecule has 1 aromatic carbocycles. The number of aliphatic imine (C=N–C) groups is 1. The van der Waals surface area contributed by atoms with Gasteiger partial charge in [0.25, 0.3) is 0 Å². The molecule has 7 nitrogen and oxygen atoms in total. The monoisotopic (exact) mass is 394 g/mol. The second-order valence-corrected chi connectivity index (χ2v) is 9.23. The molecule has 0 radical (unpaired) electrons. The Hall–Kier alpha value is -1.64. The van der Waals surface area contributed by atoms with Gasteiger partial charge in [-0.2, -0.15) is 0 Å². The van der Waals surface area contributed by atoms with Gasteiger partial charge in [-0.05, 0) is 18.4 Å². The number of guanidine groups is 1. The van der Waals surface area contributed by atoms with Gasteiger partial charge < -0.3 is 15.0 Å². The highest BCUT2D eigenvalue weighted by Gasteiger charge is 2.28. The summed E-state index contributed by atoms with van der Waals surface area (Å²) in [6.45, 7) is 4.96. The standard InChI is InChI=1S/C19H30N4O3S/c1-20-19(21-9-12-23-10-5-13-27(23,24)25)22-11-8-18(14-22)16-26-15-17-6-3-2-4-7-17/h2-4,6-7,18H,5,8-16H2,1H3,(H,20,21). The molecule has 2 aliphatic heterocycles. The van der Waals surface area contributed by atoms with Crippen LogP contribution in [0, 0.1) is 5.92 Å². The number of rotatable bonds is 7. The molecule has 1 aromatic rings. The normalized spacial score (nSPS) is 23.1. The van der Waals surface area contributed by atoms with E-state index in [4.69, 9.17) is 4.74 Å². The smallest absolute Gasteiger partial charge is 0.214 e. The summed E-state index contributed by atoms with van der Waals surface area (Å²) in [6.07, 6.45) is 1.81. The van der Waals surface area contributed by atoms with E-state index < -0.39 is 10.0 Å². The zero-order valence-electron chi connectivity index (χ0n) is 16.0. The molecule has 1 unspecified atom stereocenters. The van der Waals surface area contributed by atoms with Gasteiger partial charge >= 0.3 is 0 Å². The van der Waals surface area contributed by atoms with Crippen molar-refractivity contribution in [1.82, 2.24) is 14.5 Å².